The summed E-state index contributed by atoms with van der Waals surface area (Å²) in [5, 5.41) is 0. The van der Waals surface area contributed by atoms with Crippen molar-refractivity contribution in [2.24, 2.45) is 0 Å². The standard InChI is InChI=1S/C15H15N3/c1-11-7-14-15(8-13(11)16)18(10-17-14)9-12-5-3-2-4-6-12/h2-8,10H,9,16H2,1H3. The third kappa shape index (κ3) is 1.84. The second kappa shape index (κ2) is 4.18. The van der Waals surface area contributed by atoms with E-state index in [4.69, 9.17) is 5.73 Å². The van der Waals surface area contributed by atoms with Crippen molar-refractivity contribution in [1.82, 2.24) is 9.55 Å². The van der Waals surface area contributed by atoms with Crippen molar-refractivity contribution < 1.29 is 0 Å². The highest BCUT2D eigenvalue weighted by Gasteiger charge is 2.05. The van der Waals surface area contributed by atoms with Gasteiger partial charge in [0.25, 0.3) is 0 Å². The normalized spacial score (nSPS) is 10.9. The molecule has 1 aromatic heterocycles. The lowest BCUT2D eigenvalue weighted by Gasteiger charge is -2.06. The molecule has 90 valence electrons. The van der Waals surface area contributed by atoms with E-state index in [1.807, 2.05) is 43.6 Å². The Bertz CT molecular complexity index is 684. The van der Waals surface area contributed by atoms with E-state index in [1.165, 1.54) is 5.56 Å². The number of aryl methyl sites for hydroxylation is 1. The van der Waals surface area contributed by atoms with E-state index in [0.717, 1.165) is 28.8 Å². The molecule has 0 radical (unpaired) electrons. The van der Waals surface area contributed by atoms with Gasteiger partial charge < -0.3 is 10.3 Å². The van der Waals surface area contributed by atoms with Crippen molar-refractivity contribution in [3.05, 3.63) is 59.9 Å². The number of nitrogens with zero attached hydrogens (tertiary/aromatic N) is 2. The Balaban J connectivity index is 2.05. The minimum atomic E-state index is 0.817. The summed E-state index contributed by atoms with van der Waals surface area (Å²) >= 11 is 0. The molecule has 3 nitrogen and oxygen atoms in total. The van der Waals surface area contributed by atoms with Gasteiger partial charge in [0.15, 0.2) is 0 Å². The molecule has 0 saturated carbocycles. The molecule has 0 aliphatic carbocycles. The Kier molecular flexibility index (Phi) is 2.52. The van der Waals surface area contributed by atoms with E-state index < -0.39 is 0 Å². The minimum Gasteiger partial charge on any atom is -0.398 e. The summed E-state index contributed by atoms with van der Waals surface area (Å²) in [6.07, 6.45) is 1.87. The van der Waals surface area contributed by atoms with Crippen LogP contribution in [0.5, 0.6) is 0 Å². The number of hydrogen-bond acceptors (Lipinski definition) is 2. The number of benzene rings is 2. The molecule has 0 saturated heterocycles. The lowest BCUT2D eigenvalue weighted by atomic mass is 10.1. The molecule has 0 spiro atoms. The number of aromatic nitrogens is 2. The lowest BCUT2D eigenvalue weighted by Crippen LogP contribution is -1.98. The monoisotopic (exact) mass is 237 g/mol. The summed E-state index contributed by atoms with van der Waals surface area (Å²) in [4.78, 5) is 4.42. The number of rotatable bonds is 2. The van der Waals surface area contributed by atoms with Crippen LogP contribution in [0, 0.1) is 6.92 Å². The zero-order valence-electron chi connectivity index (χ0n) is 10.3. The van der Waals surface area contributed by atoms with Gasteiger partial charge in [-0.2, -0.15) is 0 Å². The first-order chi connectivity index (χ1) is 8.74. The third-order valence-electron chi connectivity index (χ3n) is 3.20. The van der Waals surface area contributed by atoms with Gasteiger partial charge in [0, 0.05) is 12.2 Å². The van der Waals surface area contributed by atoms with Gasteiger partial charge in [0.1, 0.15) is 0 Å². The maximum atomic E-state index is 5.97. The van der Waals surface area contributed by atoms with Gasteiger partial charge in [0.2, 0.25) is 0 Å². The smallest absolute Gasteiger partial charge is 0.0961 e. The highest BCUT2D eigenvalue weighted by Crippen LogP contribution is 2.21. The van der Waals surface area contributed by atoms with Crippen LogP contribution in [-0.4, -0.2) is 9.55 Å². The molecule has 18 heavy (non-hydrogen) atoms. The number of fused-ring (bicyclic) bond motifs is 1. The first-order valence-electron chi connectivity index (χ1n) is 5.99. The van der Waals surface area contributed by atoms with E-state index in [-0.39, 0.29) is 0 Å². The fourth-order valence-electron chi connectivity index (χ4n) is 2.13. The van der Waals surface area contributed by atoms with Crippen molar-refractivity contribution in [3.63, 3.8) is 0 Å². The fraction of sp³-hybridized carbons (Fsp3) is 0.133. The van der Waals surface area contributed by atoms with Crippen molar-refractivity contribution in [2.75, 3.05) is 5.73 Å². The summed E-state index contributed by atoms with van der Waals surface area (Å²) in [6, 6.07) is 14.4. The summed E-state index contributed by atoms with van der Waals surface area (Å²) in [7, 11) is 0. The molecule has 2 aromatic carbocycles. The number of hydrogen-bond donors (Lipinski definition) is 1. The minimum absolute atomic E-state index is 0.817. The molecular formula is C15H15N3. The van der Waals surface area contributed by atoms with Crippen LogP contribution in [0.4, 0.5) is 5.69 Å². The van der Waals surface area contributed by atoms with Gasteiger partial charge in [-0.25, -0.2) is 4.98 Å². The van der Waals surface area contributed by atoms with Crippen LogP contribution in [0.1, 0.15) is 11.1 Å². The average molecular weight is 237 g/mol. The highest BCUT2D eigenvalue weighted by molar-refractivity contribution is 5.80. The second-order valence-corrected chi connectivity index (χ2v) is 4.56. The van der Waals surface area contributed by atoms with Crippen LogP contribution in [-0.2, 0) is 6.54 Å². The van der Waals surface area contributed by atoms with Crippen LogP contribution in [0.2, 0.25) is 0 Å². The van der Waals surface area contributed by atoms with E-state index >= 15 is 0 Å². The summed E-state index contributed by atoms with van der Waals surface area (Å²) in [5.74, 6) is 0. The predicted octanol–water partition coefficient (Wildman–Crippen LogP) is 2.98. The van der Waals surface area contributed by atoms with E-state index in [2.05, 4.69) is 21.7 Å². The molecule has 1 heterocycles. The molecule has 0 aliphatic heterocycles. The highest BCUT2D eigenvalue weighted by atomic mass is 15.0. The van der Waals surface area contributed by atoms with E-state index in [9.17, 15) is 0 Å². The van der Waals surface area contributed by atoms with Gasteiger partial charge in [-0.15, -0.1) is 0 Å². The molecule has 0 fully saturated rings. The van der Waals surface area contributed by atoms with Crippen LogP contribution in [0.3, 0.4) is 0 Å². The molecule has 3 rings (SSSR count). The molecular weight excluding hydrogens is 222 g/mol. The first kappa shape index (κ1) is 10.8. The molecule has 0 atom stereocenters. The fourth-order valence-corrected chi connectivity index (χ4v) is 2.13. The zero-order chi connectivity index (χ0) is 12.5. The van der Waals surface area contributed by atoms with Gasteiger partial charge >= 0.3 is 0 Å². The Morgan fingerprint density at radius 1 is 1.17 bits per heavy atom. The van der Waals surface area contributed by atoms with Gasteiger partial charge in [-0.05, 0) is 30.2 Å². The SMILES string of the molecule is Cc1cc2ncn(Cc3ccccc3)c2cc1N. The number of nitrogens with two attached hydrogens (primary N) is 1. The summed E-state index contributed by atoms with van der Waals surface area (Å²) < 4.78 is 2.13. The first-order valence-corrected chi connectivity index (χ1v) is 5.99. The van der Waals surface area contributed by atoms with Crippen molar-refractivity contribution in [3.8, 4) is 0 Å². The number of nitrogen functional groups attached to an aromatic ring is 1. The average Bonchev–Trinajstić information content (AvgIpc) is 2.74. The molecule has 0 unspecified atom stereocenters. The largest absolute Gasteiger partial charge is 0.398 e. The van der Waals surface area contributed by atoms with Crippen LogP contribution in [0.25, 0.3) is 11.0 Å². The number of anilines is 1. The van der Waals surface area contributed by atoms with E-state index in [0.29, 0.717) is 0 Å². The van der Waals surface area contributed by atoms with Gasteiger partial charge in [-0.3, -0.25) is 0 Å². The molecule has 3 aromatic rings. The Labute approximate surface area is 106 Å². The van der Waals surface area contributed by atoms with Gasteiger partial charge in [-0.1, -0.05) is 30.3 Å². The second-order valence-electron chi connectivity index (χ2n) is 4.56. The molecule has 0 amide bonds. The van der Waals surface area contributed by atoms with Gasteiger partial charge in [0.05, 0.1) is 17.4 Å². The summed E-state index contributed by atoms with van der Waals surface area (Å²) in [5.41, 5.74) is 11.2. The maximum absolute atomic E-state index is 5.97. The molecule has 2 N–H and O–H groups in total. The number of imidazole rings is 1. The Morgan fingerprint density at radius 3 is 2.72 bits per heavy atom. The predicted molar refractivity (Wildman–Crippen MR) is 74.4 cm³/mol. The Morgan fingerprint density at radius 2 is 1.94 bits per heavy atom. The van der Waals surface area contributed by atoms with Crippen molar-refractivity contribution in [2.45, 2.75) is 13.5 Å². The topological polar surface area (TPSA) is 43.8 Å². The Hall–Kier alpha value is -2.29. The van der Waals surface area contributed by atoms with Crippen LogP contribution in [0.15, 0.2) is 48.8 Å². The molecule has 3 heteroatoms. The summed E-state index contributed by atoms with van der Waals surface area (Å²) in [6.45, 7) is 2.82. The lowest BCUT2D eigenvalue weighted by molar-refractivity contribution is 0.824. The zero-order valence-corrected chi connectivity index (χ0v) is 10.3. The van der Waals surface area contributed by atoms with Crippen LogP contribution >= 0.6 is 0 Å². The maximum Gasteiger partial charge on any atom is 0.0961 e. The third-order valence-corrected chi connectivity index (χ3v) is 3.20. The molecule has 0 aliphatic rings. The quantitative estimate of drug-likeness (QED) is 0.696. The van der Waals surface area contributed by atoms with Crippen molar-refractivity contribution in [1.29, 1.82) is 0 Å². The van der Waals surface area contributed by atoms with E-state index in [1.54, 1.807) is 0 Å². The van der Waals surface area contributed by atoms with Crippen molar-refractivity contribution >= 4 is 16.7 Å². The van der Waals surface area contributed by atoms with Crippen LogP contribution < -0.4 is 5.73 Å². The molecule has 0 bridgehead atoms.